The maximum absolute atomic E-state index is 13.7. The number of rotatable bonds is 9. The number of hydrogen-bond acceptors (Lipinski definition) is 4. The Hall–Kier alpha value is -2.26. The van der Waals surface area contributed by atoms with E-state index >= 15 is 0 Å². The van der Waals surface area contributed by atoms with Crippen LogP contribution in [0.5, 0.6) is 5.75 Å². The summed E-state index contributed by atoms with van der Waals surface area (Å²) in [6.07, 6.45) is 3.18. The summed E-state index contributed by atoms with van der Waals surface area (Å²) in [6.45, 7) is 4.89. The van der Waals surface area contributed by atoms with Gasteiger partial charge in [0.15, 0.2) is 0 Å². The number of halogens is 4. The van der Waals surface area contributed by atoms with E-state index in [1.807, 2.05) is 18.2 Å². The number of carbonyl (C=O) groups excluding carboxylic acids is 2. The Balaban J connectivity index is 1.23. The summed E-state index contributed by atoms with van der Waals surface area (Å²) in [4.78, 5) is 32.1. The van der Waals surface area contributed by atoms with Crippen LogP contribution >= 0.6 is 34.8 Å². The molecule has 0 unspecified atom stereocenters. The highest BCUT2D eigenvalue weighted by Crippen LogP contribution is 2.36. The van der Waals surface area contributed by atoms with Crippen LogP contribution in [-0.2, 0) is 11.2 Å². The molecule has 2 aromatic carbocycles. The number of amides is 3. The molecule has 3 heterocycles. The normalized spacial score (nSPS) is 19.2. The first-order valence-corrected chi connectivity index (χ1v) is 15.5. The summed E-state index contributed by atoms with van der Waals surface area (Å²) >= 11 is 18.8. The van der Waals surface area contributed by atoms with Gasteiger partial charge in [-0.1, -0.05) is 46.9 Å². The number of piperidine rings is 1. The van der Waals surface area contributed by atoms with Crippen molar-refractivity contribution in [3.63, 3.8) is 0 Å². The number of nitrogens with zero attached hydrogens (tertiary/aromatic N) is 3. The fraction of sp³-hybridized carbons (Fsp3) is 0.533. The number of hydrogen-bond donors (Lipinski definition) is 1. The highest BCUT2D eigenvalue weighted by atomic mass is 35.5. The zero-order valence-corrected chi connectivity index (χ0v) is 25.2. The molecule has 5 rings (SSSR count). The van der Waals surface area contributed by atoms with Gasteiger partial charge in [0.25, 0.3) is 0 Å². The zero-order chi connectivity index (χ0) is 28.9. The molecule has 2 aromatic rings. The maximum Gasteiger partial charge on any atom is 0.318 e. The number of likely N-dealkylation sites (tertiary alicyclic amines) is 3. The summed E-state index contributed by atoms with van der Waals surface area (Å²) in [5, 5.41) is 4.38. The van der Waals surface area contributed by atoms with Crippen molar-refractivity contribution >= 4 is 46.7 Å². The maximum atomic E-state index is 13.7. The first kappa shape index (κ1) is 30.2. The second-order valence-electron chi connectivity index (χ2n) is 11.1. The predicted molar refractivity (Wildman–Crippen MR) is 160 cm³/mol. The lowest BCUT2D eigenvalue weighted by atomic mass is 9.88. The van der Waals surface area contributed by atoms with Gasteiger partial charge in [-0.25, -0.2) is 9.18 Å². The number of ether oxygens (including phenoxy) is 1. The Morgan fingerprint density at radius 3 is 2.32 bits per heavy atom. The van der Waals surface area contributed by atoms with Crippen LogP contribution < -0.4 is 10.1 Å². The highest BCUT2D eigenvalue weighted by Gasteiger charge is 2.35. The van der Waals surface area contributed by atoms with Crippen LogP contribution in [0.3, 0.4) is 0 Å². The van der Waals surface area contributed by atoms with Gasteiger partial charge in [-0.2, -0.15) is 0 Å². The van der Waals surface area contributed by atoms with Gasteiger partial charge in [-0.15, -0.1) is 0 Å². The third-order valence-electron chi connectivity index (χ3n) is 8.24. The van der Waals surface area contributed by atoms with Gasteiger partial charge in [-0.05, 0) is 80.1 Å². The van der Waals surface area contributed by atoms with Crippen LogP contribution in [0.25, 0.3) is 0 Å². The molecule has 1 atom stereocenters. The van der Waals surface area contributed by atoms with E-state index in [4.69, 9.17) is 39.5 Å². The molecule has 1 N–H and O–H groups in total. The smallest absolute Gasteiger partial charge is 0.318 e. The fourth-order valence-electron chi connectivity index (χ4n) is 5.83. The number of urea groups is 1. The molecule has 0 spiro atoms. The fourth-order valence-corrected chi connectivity index (χ4v) is 6.48. The Kier molecular flexibility index (Phi) is 10.2. The van der Waals surface area contributed by atoms with Crippen LogP contribution in [0.1, 0.15) is 42.7 Å². The molecule has 0 bridgehead atoms. The molecule has 3 amide bonds. The van der Waals surface area contributed by atoms with Crippen LogP contribution in [0, 0.1) is 0 Å². The van der Waals surface area contributed by atoms with E-state index in [0.29, 0.717) is 40.3 Å². The molecule has 0 saturated carbocycles. The van der Waals surface area contributed by atoms with Gasteiger partial charge in [-0.3, -0.25) is 9.69 Å². The second-order valence-corrected chi connectivity index (χ2v) is 12.4. The van der Waals surface area contributed by atoms with Gasteiger partial charge in [0, 0.05) is 41.1 Å². The van der Waals surface area contributed by atoms with Crippen molar-refractivity contribution in [3.05, 3.63) is 62.6 Å². The van der Waals surface area contributed by atoms with Crippen molar-refractivity contribution in [1.29, 1.82) is 0 Å². The summed E-state index contributed by atoms with van der Waals surface area (Å²) in [5.74, 6) is 0.850. The molecular weight excluding hydrogens is 590 g/mol. The molecule has 0 aromatic heterocycles. The summed E-state index contributed by atoms with van der Waals surface area (Å²) in [7, 11) is 0. The van der Waals surface area contributed by atoms with E-state index in [0.717, 1.165) is 43.8 Å². The Labute approximate surface area is 255 Å². The van der Waals surface area contributed by atoms with E-state index in [9.17, 15) is 14.0 Å². The molecular formula is C30H36Cl3FN4O3. The van der Waals surface area contributed by atoms with Crippen molar-refractivity contribution < 1.29 is 18.7 Å². The molecule has 0 aliphatic carbocycles. The lowest BCUT2D eigenvalue weighted by Crippen LogP contribution is -2.59. The van der Waals surface area contributed by atoms with Crippen LogP contribution in [0.15, 0.2) is 36.4 Å². The monoisotopic (exact) mass is 624 g/mol. The SMILES string of the molecule is O=C(N[C@H](Cc1ccc(Cl)cc1Cl)C(=O)N1CCC(c2ccc(Cl)cc2OCCN2CCCC2)CC1)N1CC(F)C1. The minimum absolute atomic E-state index is 0.0311. The van der Waals surface area contributed by atoms with E-state index in [2.05, 4.69) is 10.2 Å². The zero-order valence-electron chi connectivity index (χ0n) is 23.0. The van der Waals surface area contributed by atoms with Crippen molar-refractivity contribution in [1.82, 2.24) is 20.0 Å². The van der Waals surface area contributed by atoms with Crippen molar-refractivity contribution in [2.45, 2.75) is 50.2 Å². The van der Waals surface area contributed by atoms with Crippen molar-refractivity contribution in [3.8, 4) is 5.75 Å². The third-order valence-corrected chi connectivity index (χ3v) is 9.07. The number of nitrogens with one attached hydrogen (secondary N) is 1. The highest BCUT2D eigenvalue weighted by molar-refractivity contribution is 6.35. The number of benzene rings is 2. The number of carbonyl (C=O) groups is 2. The lowest BCUT2D eigenvalue weighted by molar-refractivity contribution is -0.134. The van der Waals surface area contributed by atoms with E-state index in [-0.39, 0.29) is 31.3 Å². The van der Waals surface area contributed by atoms with Gasteiger partial charge < -0.3 is 19.9 Å². The Morgan fingerprint density at radius 2 is 1.63 bits per heavy atom. The number of alkyl halides is 1. The first-order chi connectivity index (χ1) is 19.8. The standard InChI is InChI=1S/C30H36Cl3FN4O3/c31-22-4-3-21(26(33)16-22)15-27(35-30(40)38-18-24(34)19-38)29(39)37-11-7-20(8-12-37)25-6-5-23(32)17-28(25)41-14-13-36-9-1-2-10-36/h3-6,16-17,20,24,27H,1-2,7-15,18-19H2,(H,35,40)/t27-/m1/s1. The first-order valence-electron chi connectivity index (χ1n) is 14.3. The summed E-state index contributed by atoms with van der Waals surface area (Å²) in [5.41, 5.74) is 1.81. The quantitative estimate of drug-likeness (QED) is 0.383. The molecule has 0 radical (unpaired) electrons. The average molecular weight is 626 g/mol. The van der Waals surface area contributed by atoms with Gasteiger partial charge >= 0.3 is 6.03 Å². The van der Waals surface area contributed by atoms with E-state index < -0.39 is 18.2 Å². The molecule has 7 nitrogen and oxygen atoms in total. The molecule has 41 heavy (non-hydrogen) atoms. The molecule has 3 aliphatic heterocycles. The summed E-state index contributed by atoms with van der Waals surface area (Å²) < 4.78 is 19.6. The predicted octanol–water partition coefficient (Wildman–Crippen LogP) is 5.80. The largest absolute Gasteiger partial charge is 0.492 e. The lowest BCUT2D eigenvalue weighted by Gasteiger charge is -2.37. The van der Waals surface area contributed by atoms with Crippen molar-refractivity contribution in [2.24, 2.45) is 0 Å². The molecule has 222 valence electrons. The molecule has 3 fully saturated rings. The van der Waals surface area contributed by atoms with E-state index in [1.54, 1.807) is 23.1 Å². The van der Waals surface area contributed by atoms with Gasteiger partial charge in [0.05, 0.1) is 13.1 Å². The molecule has 11 heteroatoms. The van der Waals surface area contributed by atoms with E-state index in [1.165, 1.54) is 17.7 Å². The second kappa shape index (κ2) is 13.8. The van der Waals surface area contributed by atoms with Crippen LogP contribution in [0.4, 0.5) is 9.18 Å². The topological polar surface area (TPSA) is 65.1 Å². The Morgan fingerprint density at radius 1 is 0.951 bits per heavy atom. The Bertz CT molecular complexity index is 1230. The van der Waals surface area contributed by atoms with Gasteiger partial charge in [0.2, 0.25) is 5.91 Å². The minimum atomic E-state index is -1.03. The van der Waals surface area contributed by atoms with Gasteiger partial charge in [0.1, 0.15) is 24.6 Å². The van der Waals surface area contributed by atoms with Crippen LogP contribution in [-0.4, -0.2) is 91.3 Å². The molecule has 3 saturated heterocycles. The minimum Gasteiger partial charge on any atom is -0.492 e. The summed E-state index contributed by atoms with van der Waals surface area (Å²) in [6, 6.07) is 9.61. The van der Waals surface area contributed by atoms with Crippen LogP contribution in [0.2, 0.25) is 15.1 Å². The third kappa shape index (κ3) is 7.78. The average Bonchev–Trinajstić information content (AvgIpc) is 3.46. The molecule has 3 aliphatic rings. The van der Waals surface area contributed by atoms with Crippen molar-refractivity contribution in [2.75, 3.05) is 52.4 Å².